The minimum Gasteiger partial charge on any atom is -0.354 e. The summed E-state index contributed by atoms with van der Waals surface area (Å²) in [5, 5.41) is 8.90. The lowest BCUT2D eigenvalue weighted by Gasteiger charge is -2.19. The second-order valence-electron chi connectivity index (χ2n) is 6.79. The predicted octanol–water partition coefficient (Wildman–Crippen LogP) is 3.29. The van der Waals surface area contributed by atoms with E-state index in [1.165, 1.54) is 18.7 Å². The molecule has 2 fully saturated rings. The first-order valence-electron chi connectivity index (χ1n) is 8.03. The predicted molar refractivity (Wildman–Crippen MR) is 103 cm³/mol. The van der Waals surface area contributed by atoms with Crippen LogP contribution in [0, 0.1) is 18.8 Å². The summed E-state index contributed by atoms with van der Waals surface area (Å²) in [4.78, 5) is 4.84. The number of anilines is 1. The van der Waals surface area contributed by atoms with Crippen molar-refractivity contribution in [1.82, 2.24) is 15.1 Å². The molecule has 130 valence electrons. The van der Waals surface area contributed by atoms with Crippen molar-refractivity contribution in [3.8, 4) is 11.3 Å². The summed E-state index contributed by atoms with van der Waals surface area (Å²) in [6.07, 6.45) is 0. The van der Waals surface area contributed by atoms with E-state index in [0.29, 0.717) is 0 Å². The van der Waals surface area contributed by atoms with Crippen LogP contribution < -0.4 is 4.90 Å². The van der Waals surface area contributed by atoms with Gasteiger partial charge in [0.1, 0.15) is 0 Å². The van der Waals surface area contributed by atoms with E-state index in [0.717, 1.165) is 42.0 Å². The zero-order chi connectivity index (χ0) is 15.1. The molecule has 4 nitrogen and oxygen atoms in total. The molecule has 2 saturated heterocycles. The maximum absolute atomic E-state index is 4.47. The summed E-state index contributed by atoms with van der Waals surface area (Å²) in [5.74, 6) is 2.61. The molecule has 3 heterocycles. The Labute approximate surface area is 156 Å². The molecule has 2 aromatic rings. The molecule has 0 unspecified atom stereocenters. The highest BCUT2D eigenvalue weighted by atomic mass is 35.5. The minimum atomic E-state index is 0. The van der Waals surface area contributed by atoms with Crippen LogP contribution in [0.1, 0.15) is 5.56 Å². The van der Waals surface area contributed by atoms with Crippen LogP contribution >= 0.6 is 24.8 Å². The molecule has 1 aromatic carbocycles. The quantitative estimate of drug-likeness (QED) is 0.816. The first-order valence-corrected chi connectivity index (χ1v) is 8.03. The highest BCUT2D eigenvalue weighted by Crippen LogP contribution is 2.32. The molecule has 6 heteroatoms. The Morgan fingerprint density at radius 3 is 2.00 bits per heavy atom. The topological polar surface area (TPSA) is 32.3 Å². The zero-order valence-electron chi connectivity index (χ0n) is 14.1. The highest BCUT2D eigenvalue weighted by molar-refractivity contribution is 5.85. The molecule has 0 bridgehead atoms. The van der Waals surface area contributed by atoms with Gasteiger partial charge in [-0.05, 0) is 37.9 Å². The van der Waals surface area contributed by atoms with E-state index in [9.17, 15) is 0 Å². The Kier molecular flexibility index (Phi) is 6.07. The van der Waals surface area contributed by atoms with Gasteiger partial charge in [0, 0.05) is 31.7 Å². The third-order valence-electron chi connectivity index (χ3n) is 4.99. The molecule has 0 amide bonds. The van der Waals surface area contributed by atoms with Crippen molar-refractivity contribution in [2.45, 2.75) is 6.92 Å². The van der Waals surface area contributed by atoms with Gasteiger partial charge in [-0.2, -0.15) is 0 Å². The van der Waals surface area contributed by atoms with Crippen LogP contribution in [0.3, 0.4) is 0 Å². The number of benzene rings is 1. The lowest BCUT2D eigenvalue weighted by Crippen LogP contribution is -2.27. The molecular formula is C18H24Cl2N4. The van der Waals surface area contributed by atoms with Gasteiger partial charge >= 0.3 is 0 Å². The molecule has 4 rings (SSSR count). The molecule has 2 aliphatic heterocycles. The SMILES string of the molecule is Cc1ccc(-c2ccc(N3C[C@H]4CN(C)C[C@H]4C3)nn2)cc1.Cl.Cl. The van der Waals surface area contributed by atoms with Gasteiger partial charge in [0.15, 0.2) is 5.82 Å². The van der Waals surface area contributed by atoms with Crippen molar-refractivity contribution in [3.63, 3.8) is 0 Å². The van der Waals surface area contributed by atoms with Crippen molar-refractivity contribution >= 4 is 30.6 Å². The lowest BCUT2D eigenvalue weighted by atomic mass is 10.0. The standard InChI is InChI=1S/C18H22N4.2ClH/c1-13-3-5-14(6-4-13)17-7-8-18(20-19-17)22-11-15-9-21(2)10-16(15)12-22;;/h3-8,15-16H,9-12H2,1-2H3;2*1H/t15-,16+;;. The van der Waals surface area contributed by atoms with E-state index in [-0.39, 0.29) is 24.8 Å². The van der Waals surface area contributed by atoms with Crippen LogP contribution in [0.4, 0.5) is 5.82 Å². The van der Waals surface area contributed by atoms with E-state index < -0.39 is 0 Å². The van der Waals surface area contributed by atoms with Gasteiger partial charge in [0.05, 0.1) is 5.69 Å². The van der Waals surface area contributed by atoms with Crippen LogP contribution in [0.2, 0.25) is 0 Å². The van der Waals surface area contributed by atoms with Gasteiger partial charge < -0.3 is 9.80 Å². The Morgan fingerprint density at radius 1 is 0.833 bits per heavy atom. The van der Waals surface area contributed by atoms with Crippen LogP contribution in [0.15, 0.2) is 36.4 Å². The van der Waals surface area contributed by atoms with Crippen LogP contribution in [-0.2, 0) is 0 Å². The molecule has 0 N–H and O–H groups in total. The van der Waals surface area contributed by atoms with Crippen molar-refractivity contribution < 1.29 is 0 Å². The third-order valence-corrected chi connectivity index (χ3v) is 4.99. The van der Waals surface area contributed by atoms with Gasteiger partial charge in [-0.3, -0.25) is 0 Å². The Balaban J connectivity index is 0.00000104. The van der Waals surface area contributed by atoms with Gasteiger partial charge in [-0.1, -0.05) is 29.8 Å². The Hall–Kier alpha value is -1.36. The van der Waals surface area contributed by atoms with Crippen LogP contribution in [-0.4, -0.2) is 48.3 Å². The van der Waals surface area contributed by atoms with E-state index in [4.69, 9.17) is 0 Å². The van der Waals surface area contributed by atoms with Gasteiger partial charge in [0.2, 0.25) is 0 Å². The fourth-order valence-corrected chi connectivity index (χ4v) is 3.79. The van der Waals surface area contributed by atoms with Gasteiger partial charge in [-0.25, -0.2) is 0 Å². The molecule has 24 heavy (non-hydrogen) atoms. The molecule has 2 aliphatic rings. The van der Waals surface area contributed by atoms with Crippen molar-refractivity contribution in [1.29, 1.82) is 0 Å². The number of hydrogen-bond donors (Lipinski definition) is 0. The maximum atomic E-state index is 4.47. The average Bonchev–Trinajstić information content (AvgIpc) is 3.05. The molecule has 1 aromatic heterocycles. The lowest BCUT2D eigenvalue weighted by molar-refractivity contribution is 0.387. The number of likely N-dealkylation sites (tertiary alicyclic amines) is 1. The second kappa shape index (κ2) is 7.68. The molecule has 2 atom stereocenters. The summed E-state index contributed by atoms with van der Waals surface area (Å²) in [5.41, 5.74) is 3.34. The monoisotopic (exact) mass is 366 g/mol. The second-order valence-corrected chi connectivity index (χ2v) is 6.79. The first-order chi connectivity index (χ1) is 10.7. The molecule has 0 spiro atoms. The molecule has 0 aliphatic carbocycles. The number of rotatable bonds is 2. The number of nitrogens with zero attached hydrogens (tertiary/aromatic N) is 4. The normalized spacial score (nSPS) is 22.7. The largest absolute Gasteiger partial charge is 0.354 e. The number of fused-ring (bicyclic) bond motifs is 1. The highest BCUT2D eigenvalue weighted by Gasteiger charge is 2.39. The summed E-state index contributed by atoms with van der Waals surface area (Å²) >= 11 is 0. The summed E-state index contributed by atoms with van der Waals surface area (Å²) in [6.45, 7) is 6.77. The minimum absolute atomic E-state index is 0. The Morgan fingerprint density at radius 2 is 1.46 bits per heavy atom. The van der Waals surface area contributed by atoms with Crippen molar-refractivity contribution in [3.05, 3.63) is 42.0 Å². The fourth-order valence-electron chi connectivity index (χ4n) is 3.79. The summed E-state index contributed by atoms with van der Waals surface area (Å²) < 4.78 is 0. The number of halogens is 2. The maximum Gasteiger partial charge on any atom is 0.151 e. The van der Waals surface area contributed by atoms with Crippen molar-refractivity contribution in [2.75, 3.05) is 38.1 Å². The number of aryl methyl sites for hydroxylation is 1. The fraction of sp³-hybridized carbons (Fsp3) is 0.444. The molecule has 0 radical (unpaired) electrons. The van der Waals surface area contributed by atoms with Crippen LogP contribution in [0.5, 0.6) is 0 Å². The number of hydrogen-bond acceptors (Lipinski definition) is 4. The first kappa shape index (κ1) is 19.0. The van der Waals surface area contributed by atoms with Gasteiger partial charge in [-0.15, -0.1) is 35.0 Å². The van der Waals surface area contributed by atoms with Crippen molar-refractivity contribution in [2.24, 2.45) is 11.8 Å². The third kappa shape index (κ3) is 3.66. The zero-order valence-corrected chi connectivity index (χ0v) is 15.7. The van der Waals surface area contributed by atoms with Gasteiger partial charge in [0.25, 0.3) is 0 Å². The Bertz CT molecular complexity index is 646. The van der Waals surface area contributed by atoms with E-state index in [1.807, 2.05) is 0 Å². The number of aromatic nitrogens is 2. The molecule has 0 saturated carbocycles. The average molecular weight is 367 g/mol. The summed E-state index contributed by atoms with van der Waals surface area (Å²) in [7, 11) is 2.22. The smallest absolute Gasteiger partial charge is 0.151 e. The van der Waals surface area contributed by atoms with E-state index >= 15 is 0 Å². The summed E-state index contributed by atoms with van der Waals surface area (Å²) in [6, 6.07) is 12.6. The van der Waals surface area contributed by atoms with Crippen LogP contribution in [0.25, 0.3) is 11.3 Å². The van der Waals surface area contributed by atoms with E-state index in [1.54, 1.807) is 0 Å². The molecular weight excluding hydrogens is 343 g/mol. The van der Waals surface area contributed by atoms with E-state index in [2.05, 4.69) is 70.4 Å².